The van der Waals surface area contributed by atoms with Gasteiger partial charge in [0.2, 0.25) is 0 Å². The number of amides is 1. The number of halogens is 2. The zero-order valence-corrected chi connectivity index (χ0v) is 15.6. The van der Waals surface area contributed by atoms with E-state index < -0.39 is 18.0 Å². The number of ketones is 1. The first-order valence-electron chi connectivity index (χ1n) is 7.39. The van der Waals surface area contributed by atoms with Crippen molar-refractivity contribution in [1.29, 1.82) is 0 Å². The number of ether oxygens (including phenoxy) is 1. The van der Waals surface area contributed by atoms with Crippen molar-refractivity contribution in [3.05, 3.63) is 50.6 Å². The number of anilines is 1. The fourth-order valence-electron chi connectivity index (χ4n) is 1.89. The molecule has 1 unspecified atom stereocenters. The highest BCUT2D eigenvalue weighted by Gasteiger charge is 2.19. The van der Waals surface area contributed by atoms with Crippen LogP contribution in [0, 0.1) is 0 Å². The summed E-state index contributed by atoms with van der Waals surface area (Å²) in [6.45, 7) is 1.46. The standard InChI is InChI=1S/C17H15Cl2NO4S/c1-10(17(23)20-12-4-2-11(18)3-5-12)24-16(22)9-6-13(21)14-7-8-15(19)25-14/h2-5,7-8,10H,6,9H2,1H3,(H,20,23). The van der Waals surface area contributed by atoms with Crippen LogP contribution >= 0.6 is 34.5 Å². The lowest BCUT2D eigenvalue weighted by Crippen LogP contribution is -2.30. The molecule has 1 heterocycles. The molecular formula is C17H15Cl2NO4S. The molecule has 0 bridgehead atoms. The topological polar surface area (TPSA) is 72.5 Å². The van der Waals surface area contributed by atoms with Gasteiger partial charge in [-0.2, -0.15) is 0 Å². The summed E-state index contributed by atoms with van der Waals surface area (Å²) in [5, 5.41) is 3.16. The Balaban J connectivity index is 1.78. The molecule has 1 aromatic heterocycles. The molecule has 0 aliphatic carbocycles. The van der Waals surface area contributed by atoms with Crippen LogP contribution in [0.4, 0.5) is 5.69 Å². The summed E-state index contributed by atoms with van der Waals surface area (Å²) in [5.41, 5.74) is 0.544. The van der Waals surface area contributed by atoms with Crippen molar-refractivity contribution in [3.63, 3.8) is 0 Å². The predicted octanol–water partition coefficient (Wildman–Crippen LogP) is 4.59. The average molecular weight is 400 g/mol. The Hall–Kier alpha value is -1.89. The highest BCUT2D eigenvalue weighted by Crippen LogP contribution is 2.23. The maximum absolute atomic E-state index is 12.0. The molecule has 1 N–H and O–H groups in total. The Bertz CT molecular complexity index is 773. The van der Waals surface area contributed by atoms with E-state index in [4.69, 9.17) is 27.9 Å². The molecule has 2 rings (SSSR count). The Morgan fingerprint density at radius 1 is 1.08 bits per heavy atom. The van der Waals surface area contributed by atoms with Crippen LogP contribution in [0.1, 0.15) is 29.4 Å². The number of carbonyl (C=O) groups is 3. The molecule has 0 aliphatic heterocycles. The smallest absolute Gasteiger partial charge is 0.307 e. The van der Waals surface area contributed by atoms with Crippen LogP contribution in [0.5, 0.6) is 0 Å². The SMILES string of the molecule is CC(OC(=O)CCC(=O)c1ccc(Cl)s1)C(=O)Nc1ccc(Cl)cc1. The number of rotatable bonds is 7. The van der Waals surface area contributed by atoms with E-state index in [1.165, 1.54) is 6.92 Å². The molecular weight excluding hydrogens is 385 g/mol. The van der Waals surface area contributed by atoms with Crippen molar-refractivity contribution in [1.82, 2.24) is 0 Å². The van der Waals surface area contributed by atoms with Gasteiger partial charge in [-0.15, -0.1) is 11.3 Å². The van der Waals surface area contributed by atoms with E-state index in [1.807, 2.05) is 0 Å². The minimum atomic E-state index is -0.977. The fraction of sp³-hybridized carbons (Fsp3) is 0.235. The normalized spacial score (nSPS) is 11.6. The summed E-state index contributed by atoms with van der Waals surface area (Å²) in [7, 11) is 0. The average Bonchev–Trinajstić information content (AvgIpc) is 3.01. The first kappa shape index (κ1) is 19.4. The summed E-state index contributed by atoms with van der Waals surface area (Å²) in [6, 6.07) is 9.79. The number of esters is 1. The van der Waals surface area contributed by atoms with Crippen molar-refractivity contribution >= 4 is 57.9 Å². The molecule has 25 heavy (non-hydrogen) atoms. The fourth-order valence-corrected chi connectivity index (χ4v) is 3.03. The lowest BCUT2D eigenvalue weighted by Gasteiger charge is -2.13. The minimum Gasteiger partial charge on any atom is -0.453 e. The van der Waals surface area contributed by atoms with E-state index >= 15 is 0 Å². The Kier molecular flexibility index (Phi) is 6.99. The van der Waals surface area contributed by atoms with Crippen molar-refractivity contribution < 1.29 is 19.1 Å². The minimum absolute atomic E-state index is 0.00119. The van der Waals surface area contributed by atoms with E-state index in [2.05, 4.69) is 5.32 Å². The van der Waals surface area contributed by atoms with Crippen LogP contribution in [0.2, 0.25) is 9.36 Å². The number of hydrogen-bond donors (Lipinski definition) is 1. The second kappa shape index (κ2) is 8.99. The van der Waals surface area contributed by atoms with Gasteiger partial charge in [0.1, 0.15) is 0 Å². The summed E-state index contributed by atoms with van der Waals surface area (Å²) in [6.07, 6.45) is -1.08. The lowest BCUT2D eigenvalue weighted by molar-refractivity contribution is -0.153. The number of carbonyl (C=O) groups excluding carboxylic acids is 3. The van der Waals surface area contributed by atoms with Gasteiger partial charge >= 0.3 is 5.97 Å². The van der Waals surface area contributed by atoms with Gasteiger partial charge in [-0.1, -0.05) is 23.2 Å². The maximum Gasteiger partial charge on any atom is 0.307 e. The van der Waals surface area contributed by atoms with Crippen molar-refractivity contribution in [2.75, 3.05) is 5.32 Å². The number of Topliss-reactive ketones (excluding diaryl/α,β-unsaturated/α-hetero) is 1. The van der Waals surface area contributed by atoms with Gasteiger partial charge in [-0.25, -0.2) is 0 Å². The summed E-state index contributed by atoms with van der Waals surface area (Å²) < 4.78 is 5.56. The van der Waals surface area contributed by atoms with Crippen molar-refractivity contribution in [3.8, 4) is 0 Å². The van der Waals surface area contributed by atoms with Crippen LogP contribution in [-0.2, 0) is 14.3 Å². The van der Waals surface area contributed by atoms with Gasteiger partial charge in [-0.05, 0) is 43.3 Å². The molecule has 0 fully saturated rings. The molecule has 1 aromatic carbocycles. The zero-order valence-electron chi connectivity index (χ0n) is 13.3. The monoisotopic (exact) mass is 399 g/mol. The number of nitrogens with one attached hydrogen (secondary N) is 1. The van der Waals surface area contributed by atoms with Crippen LogP contribution in [0.3, 0.4) is 0 Å². The highest BCUT2D eigenvalue weighted by molar-refractivity contribution is 7.18. The third kappa shape index (κ3) is 6.16. The summed E-state index contributed by atoms with van der Waals surface area (Å²) in [5.74, 6) is -1.27. The van der Waals surface area contributed by atoms with E-state index in [9.17, 15) is 14.4 Å². The molecule has 5 nitrogen and oxygen atoms in total. The van der Waals surface area contributed by atoms with E-state index in [0.29, 0.717) is 19.9 Å². The first-order chi connectivity index (χ1) is 11.8. The zero-order chi connectivity index (χ0) is 18.4. The van der Waals surface area contributed by atoms with Gasteiger partial charge in [0.05, 0.1) is 15.6 Å². The second-order valence-electron chi connectivity index (χ2n) is 5.16. The molecule has 0 saturated carbocycles. The van der Waals surface area contributed by atoms with E-state index in [1.54, 1.807) is 36.4 Å². The van der Waals surface area contributed by atoms with Crippen LogP contribution in [0.15, 0.2) is 36.4 Å². The molecule has 1 amide bonds. The lowest BCUT2D eigenvalue weighted by atomic mass is 10.2. The Morgan fingerprint density at radius 3 is 2.36 bits per heavy atom. The number of benzene rings is 1. The summed E-state index contributed by atoms with van der Waals surface area (Å²) >= 11 is 12.7. The largest absolute Gasteiger partial charge is 0.453 e. The molecule has 1 atom stereocenters. The van der Waals surface area contributed by atoms with Crippen LogP contribution in [0.25, 0.3) is 0 Å². The second-order valence-corrected chi connectivity index (χ2v) is 7.31. The predicted molar refractivity (Wildman–Crippen MR) is 98.5 cm³/mol. The van der Waals surface area contributed by atoms with E-state index in [-0.39, 0.29) is 18.6 Å². The summed E-state index contributed by atoms with van der Waals surface area (Å²) in [4.78, 5) is 36.2. The molecule has 0 saturated heterocycles. The quantitative estimate of drug-likeness (QED) is 0.545. The van der Waals surface area contributed by atoms with Crippen molar-refractivity contribution in [2.24, 2.45) is 0 Å². The van der Waals surface area contributed by atoms with Crippen molar-refractivity contribution in [2.45, 2.75) is 25.9 Å². The number of thiophene rings is 1. The van der Waals surface area contributed by atoms with Gasteiger partial charge < -0.3 is 10.1 Å². The Morgan fingerprint density at radius 2 is 1.76 bits per heavy atom. The van der Waals surface area contributed by atoms with Crippen LogP contribution in [-0.4, -0.2) is 23.8 Å². The van der Waals surface area contributed by atoms with Gasteiger partial charge in [0.15, 0.2) is 11.9 Å². The van der Waals surface area contributed by atoms with Gasteiger partial charge in [-0.3, -0.25) is 14.4 Å². The molecule has 0 spiro atoms. The number of hydrogen-bond acceptors (Lipinski definition) is 5. The molecule has 0 aliphatic rings. The molecule has 8 heteroatoms. The van der Waals surface area contributed by atoms with Gasteiger partial charge in [0.25, 0.3) is 5.91 Å². The first-order valence-corrected chi connectivity index (χ1v) is 8.97. The van der Waals surface area contributed by atoms with Crippen LogP contribution < -0.4 is 5.32 Å². The van der Waals surface area contributed by atoms with E-state index in [0.717, 1.165) is 11.3 Å². The molecule has 132 valence electrons. The maximum atomic E-state index is 12.0. The molecule has 2 aromatic rings. The third-order valence-corrected chi connectivity index (χ3v) is 4.72. The molecule has 0 radical (unpaired) electrons. The highest BCUT2D eigenvalue weighted by atomic mass is 35.5. The third-order valence-electron chi connectivity index (χ3n) is 3.19. The Labute approximate surface area is 158 Å². The van der Waals surface area contributed by atoms with Gasteiger partial charge in [0, 0.05) is 17.1 Å².